The molecule has 1 aliphatic rings. The van der Waals surface area contributed by atoms with E-state index in [0.717, 1.165) is 11.4 Å². The smallest absolute Gasteiger partial charge is 0.381 e. The number of aryl methyl sites for hydroxylation is 1. The molecule has 7 nitrogen and oxygen atoms in total. The average Bonchev–Trinajstić information content (AvgIpc) is 2.86. The molecule has 0 spiro atoms. The fourth-order valence-electron chi connectivity index (χ4n) is 2.54. The maximum atomic E-state index is 13.4. The molecule has 0 aliphatic carbocycles. The van der Waals surface area contributed by atoms with Gasteiger partial charge in [0.05, 0.1) is 22.5 Å². The molecule has 0 radical (unpaired) electrons. The van der Waals surface area contributed by atoms with Crippen LogP contribution in [0.5, 0.6) is 0 Å². The molecule has 2 aromatic heterocycles. The third-order valence-electron chi connectivity index (χ3n) is 3.75. The van der Waals surface area contributed by atoms with Gasteiger partial charge < -0.3 is 5.32 Å². The quantitative estimate of drug-likeness (QED) is 0.644. The van der Waals surface area contributed by atoms with Gasteiger partial charge in [-0.3, -0.25) is 10.1 Å². The van der Waals surface area contributed by atoms with Crippen LogP contribution in [-0.4, -0.2) is 32.2 Å². The molecule has 0 saturated carbocycles. The maximum Gasteiger partial charge on any atom is 0.401 e. The van der Waals surface area contributed by atoms with Crippen molar-refractivity contribution in [2.75, 3.05) is 11.9 Å². The van der Waals surface area contributed by atoms with Crippen LogP contribution in [0.2, 0.25) is 0 Å². The van der Waals surface area contributed by atoms with E-state index in [-0.39, 0.29) is 35.0 Å². The molecule has 0 aromatic carbocycles. The topological polar surface area (TPSA) is 85.4 Å². The van der Waals surface area contributed by atoms with Crippen LogP contribution < -0.4 is 5.32 Å². The number of nitrogens with one attached hydrogen (secondary N) is 1. The van der Waals surface area contributed by atoms with Gasteiger partial charge in [0.25, 0.3) is 0 Å². The van der Waals surface area contributed by atoms with Crippen molar-refractivity contribution in [2.45, 2.75) is 25.4 Å². The van der Waals surface area contributed by atoms with Gasteiger partial charge in [0.2, 0.25) is 5.65 Å². The van der Waals surface area contributed by atoms with E-state index in [9.17, 15) is 23.3 Å². The molecule has 1 atom stereocenters. The first-order valence-electron chi connectivity index (χ1n) is 6.00. The zero-order valence-electron chi connectivity index (χ0n) is 11.0. The van der Waals surface area contributed by atoms with E-state index in [1.165, 1.54) is 13.1 Å². The summed E-state index contributed by atoms with van der Waals surface area (Å²) in [6.07, 6.45) is -3.34. The number of nitro groups is 1. The number of rotatable bonds is 1. The summed E-state index contributed by atoms with van der Waals surface area (Å²) in [4.78, 5) is 14.2. The Kier molecular flexibility index (Phi) is 2.48. The molecule has 112 valence electrons. The van der Waals surface area contributed by atoms with Gasteiger partial charge in [-0.15, -0.1) is 0 Å². The van der Waals surface area contributed by atoms with Gasteiger partial charge in [-0.2, -0.15) is 18.3 Å². The van der Waals surface area contributed by atoms with Crippen LogP contribution in [0.4, 0.5) is 24.5 Å². The molecule has 2 aromatic rings. The minimum Gasteiger partial charge on any atom is -0.381 e. The number of alkyl halides is 3. The van der Waals surface area contributed by atoms with Gasteiger partial charge >= 0.3 is 11.9 Å². The van der Waals surface area contributed by atoms with Crippen molar-refractivity contribution in [3.63, 3.8) is 0 Å². The zero-order chi connectivity index (χ0) is 15.6. The Bertz CT molecular complexity index is 769. The third-order valence-corrected chi connectivity index (χ3v) is 3.75. The lowest BCUT2D eigenvalue weighted by Gasteiger charge is -2.26. The van der Waals surface area contributed by atoms with E-state index in [2.05, 4.69) is 15.4 Å². The molecule has 1 aliphatic heterocycles. The molecule has 0 fully saturated rings. The van der Waals surface area contributed by atoms with Crippen molar-refractivity contribution >= 4 is 17.0 Å². The lowest BCUT2D eigenvalue weighted by molar-refractivity contribution is -0.383. The maximum absolute atomic E-state index is 13.4. The van der Waals surface area contributed by atoms with Crippen LogP contribution >= 0.6 is 0 Å². The van der Waals surface area contributed by atoms with Crippen molar-refractivity contribution < 1.29 is 18.1 Å². The minimum atomic E-state index is -4.52. The summed E-state index contributed by atoms with van der Waals surface area (Å²) in [5, 5.41) is 17.6. The zero-order valence-corrected chi connectivity index (χ0v) is 11.0. The fraction of sp³-hybridized carbons (Fsp3) is 0.455. The summed E-state index contributed by atoms with van der Waals surface area (Å²) in [7, 11) is 0. The van der Waals surface area contributed by atoms with E-state index < -0.39 is 16.5 Å². The monoisotopic (exact) mass is 301 g/mol. The highest BCUT2D eigenvalue weighted by atomic mass is 19.4. The third kappa shape index (κ3) is 1.61. The van der Waals surface area contributed by atoms with E-state index in [0.29, 0.717) is 0 Å². The van der Waals surface area contributed by atoms with Crippen molar-refractivity contribution in [3.8, 4) is 0 Å². The summed E-state index contributed by atoms with van der Waals surface area (Å²) >= 11 is 0. The summed E-state index contributed by atoms with van der Waals surface area (Å²) in [5.41, 5.74) is -2.70. The van der Waals surface area contributed by atoms with Crippen LogP contribution in [-0.2, 0) is 5.41 Å². The Morgan fingerprint density at radius 3 is 2.76 bits per heavy atom. The summed E-state index contributed by atoms with van der Waals surface area (Å²) < 4.78 is 41.1. The summed E-state index contributed by atoms with van der Waals surface area (Å²) in [6.45, 7) is 2.04. The van der Waals surface area contributed by atoms with Gasteiger partial charge in [-0.25, -0.2) is 9.50 Å². The molecular formula is C11H10F3N5O2. The van der Waals surface area contributed by atoms with Crippen molar-refractivity contribution in [2.24, 2.45) is 0 Å². The van der Waals surface area contributed by atoms with Gasteiger partial charge in [0.1, 0.15) is 11.1 Å². The van der Waals surface area contributed by atoms with Crippen LogP contribution in [0.15, 0.2) is 6.20 Å². The molecule has 0 bridgehead atoms. The number of hydrogen-bond donors (Lipinski definition) is 1. The van der Waals surface area contributed by atoms with E-state index in [1.54, 1.807) is 0 Å². The Balaban J connectivity index is 2.39. The van der Waals surface area contributed by atoms with Crippen molar-refractivity contribution in [1.82, 2.24) is 14.6 Å². The molecule has 3 heterocycles. The number of hydrogen-bond acceptors (Lipinski definition) is 5. The lowest BCUT2D eigenvalue weighted by Crippen LogP contribution is -2.42. The highest BCUT2D eigenvalue weighted by Crippen LogP contribution is 2.47. The second-order valence-corrected chi connectivity index (χ2v) is 5.13. The van der Waals surface area contributed by atoms with Gasteiger partial charge in [-0.1, -0.05) is 0 Å². The summed E-state index contributed by atoms with van der Waals surface area (Å²) in [5.74, 6) is 0. The predicted octanol–water partition coefficient (Wildman–Crippen LogP) is 2.19. The van der Waals surface area contributed by atoms with Gasteiger partial charge in [0.15, 0.2) is 0 Å². The molecule has 0 saturated heterocycles. The lowest BCUT2D eigenvalue weighted by atomic mass is 9.88. The fourth-order valence-corrected chi connectivity index (χ4v) is 2.54. The molecule has 1 N–H and O–H groups in total. The molecule has 21 heavy (non-hydrogen) atoms. The first-order chi connectivity index (χ1) is 9.67. The first-order valence-corrected chi connectivity index (χ1v) is 6.00. The average molecular weight is 301 g/mol. The number of fused-ring (bicyclic) bond motifs is 3. The standard InChI is InChI=1S/C11H10F3N5O2/c1-5-7(19(20)21)9-15-3-6-8(18(9)17-5)10(2,4-16-6)11(12,13)14/h3,16H,4H2,1-2H3. The first kappa shape index (κ1) is 13.6. The highest BCUT2D eigenvalue weighted by Gasteiger charge is 2.57. The Labute approximate surface area is 115 Å². The van der Waals surface area contributed by atoms with Crippen molar-refractivity contribution in [1.29, 1.82) is 0 Å². The molecule has 3 rings (SSSR count). The molecule has 10 heteroatoms. The molecule has 1 unspecified atom stereocenters. The number of halogens is 3. The largest absolute Gasteiger partial charge is 0.401 e. The van der Waals surface area contributed by atoms with Crippen LogP contribution in [0.3, 0.4) is 0 Å². The predicted molar refractivity (Wildman–Crippen MR) is 66.3 cm³/mol. The van der Waals surface area contributed by atoms with Crippen LogP contribution in [0, 0.1) is 17.0 Å². The van der Waals surface area contributed by atoms with Gasteiger partial charge in [0, 0.05) is 6.54 Å². The van der Waals surface area contributed by atoms with Crippen LogP contribution in [0.1, 0.15) is 18.3 Å². The van der Waals surface area contributed by atoms with Crippen LogP contribution in [0.25, 0.3) is 5.65 Å². The van der Waals surface area contributed by atoms with Gasteiger partial charge in [-0.05, 0) is 13.8 Å². The second-order valence-electron chi connectivity index (χ2n) is 5.13. The van der Waals surface area contributed by atoms with Crippen molar-refractivity contribution in [3.05, 3.63) is 27.7 Å². The SMILES string of the molecule is Cc1nn2c3c(cnc2c1[N+](=O)[O-])NCC3(C)C(F)(F)F. The molecular weight excluding hydrogens is 291 g/mol. The number of anilines is 1. The normalized spacial score (nSPS) is 21.4. The second kappa shape index (κ2) is 3.83. The number of nitrogens with zero attached hydrogens (tertiary/aromatic N) is 4. The summed E-state index contributed by atoms with van der Waals surface area (Å²) in [6, 6.07) is 0. The highest BCUT2D eigenvalue weighted by molar-refractivity contribution is 5.68. The number of aromatic nitrogens is 3. The van der Waals surface area contributed by atoms with E-state index in [4.69, 9.17) is 0 Å². The Hall–Kier alpha value is -2.39. The Morgan fingerprint density at radius 2 is 2.19 bits per heavy atom. The Morgan fingerprint density at radius 1 is 1.52 bits per heavy atom. The van der Waals surface area contributed by atoms with E-state index in [1.807, 2.05) is 0 Å². The molecule has 0 amide bonds. The minimum absolute atomic E-state index is 0.0253. The van der Waals surface area contributed by atoms with E-state index >= 15 is 0 Å².